The van der Waals surface area contributed by atoms with Crippen LogP contribution >= 0.6 is 0 Å². The highest BCUT2D eigenvalue weighted by Gasteiger charge is 2.40. The molecule has 0 saturated heterocycles. The lowest BCUT2D eigenvalue weighted by atomic mass is 9.95. The molecule has 1 fully saturated rings. The Kier molecular flexibility index (Phi) is 3.22. The minimum absolute atomic E-state index is 0.0643. The second-order valence-electron chi connectivity index (χ2n) is 4.64. The fourth-order valence-corrected chi connectivity index (χ4v) is 2.38. The van der Waals surface area contributed by atoms with Crippen LogP contribution in [0, 0.1) is 6.92 Å². The summed E-state index contributed by atoms with van der Waals surface area (Å²) in [4.78, 5) is 12.1. The fourth-order valence-electron chi connectivity index (χ4n) is 2.38. The topological polar surface area (TPSA) is 116 Å². The van der Waals surface area contributed by atoms with E-state index >= 15 is 0 Å². The molecular weight excluding hydrogens is 234 g/mol. The van der Waals surface area contributed by atoms with Gasteiger partial charge in [-0.2, -0.15) is 5.10 Å². The van der Waals surface area contributed by atoms with Crippen molar-refractivity contribution in [1.82, 2.24) is 15.5 Å². The van der Waals surface area contributed by atoms with Gasteiger partial charge >= 0.3 is 0 Å². The van der Waals surface area contributed by atoms with Gasteiger partial charge in [-0.25, -0.2) is 0 Å². The number of H-pyrrole nitrogens is 1. The Morgan fingerprint density at radius 1 is 1.61 bits per heavy atom. The maximum Gasteiger partial charge on any atom is 0.255 e. The maximum atomic E-state index is 12.1. The van der Waals surface area contributed by atoms with Crippen LogP contribution in [0.1, 0.15) is 41.7 Å². The van der Waals surface area contributed by atoms with Crippen molar-refractivity contribution in [3.8, 4) is 0 Å². The van der Waals surface area contributed by atoms with Gasteiger partial charge in [-0.1, -0.05) is 18.0 Å². The number of carbonyl (C=O) groups is 1. The first-order chi connectivity index (χ1) is 8.59. The van der Waals surface area contributed by atoms with Gasteiger partial charge in [-0.15, -0.1) is 0 Å². The molecule has 0 bridgehead atoms. The molecule has 7 heteroatoms. The fraction of sp³-hybridized carbons (Fsp3) is 0.545. The van der Waals surface area contributed by atoms with Crippen LogP contribution in [0.25, 0.3) is 0 Å². The van der Waals surface area contributed by atoms with E-state index in [2.05, 4.69) is 20.7 Å². The number of rotatable bonds is 3. The van der Waals surface area contributed by atoms with Gasteiger partial charge in [0.2, 0.25) is 0 Å². The Morgan fingerprint density at radius 2 is 2.28 bits per heavy atom. The first kappa shape index (κ1) is 12.4. The predicted molar refractivity (Wildman–Crippen MR) is 65.4 cm³/mol. The largest absolute Gasteiger partial charge is 0.409 e. The van der Waals surface area contributed by atoms with E-state index in [1.54, 1.807) is 6.92 Å². The summed E-state index contributed by atoms with van der Waals surface area (Å²) >= 11 is 0. The molecule has 1 saturated carbocycles. The second-order valence-corrected chi connectivity index (χ2v) is 4.64. The number of carbonyl (C=O) groups excluding carboxylic acids is 1. The van der Waals surface area contributed by atoms with E-state index in [-0.39, 0.29) is 11.7 Å². The predicted octanol–water partition coefficient (Wildman–Crippen LogP) is 0.507. The van der Waals surface area contributed by atoms with Crippen LogP contribution in [-0.4, -0.2) is 32.7 Å². The number of aromatic nitrogens is 2. The number of amides is 1. The Morgan fingerprint density at radius 3 is 2.78 bits per heavy atom. The van der Waals surface area contributed by atoms with Crippen molar-refractivity contribution in [3.05, 3.63) is 17.5 Å². The molecule has 98 valence electrons. The number of nitrogens with zero attached hydrogens (tertiary/aromatic N) is 2. The first-order valence-corrected chi connectivity index (χ1v) is 5.89. The minimum Gasteiger partial charge on any atom is -0.409 e. The normalized spacial score (nSPS) is 18.8. The molecule has 0 aromatic carbocycles. The standard InChI is InChI=1S/C11H17N5O2/c1-7-8(6-13-15-7)9(17)14-11(10(12)16-18)4-2-3-5-11/h6,18H,2-5H2,1H3,(H2,12,16)(H,13,15)(H,14,17). The molecule has 1 aliphatic rings. The number of hydrogen-bond acceptors (Lipinski definition) is 4. The third-order valence-electron chi connectivity index (χ3n) is 3.48. The third-order valence-corrected chi connectivity index (χ3v) is 3.48. The number of oxime groups is 1. The lowest BCUT2D eigenvalue weighted by Gasteiger charge is -2.28. The highest BCUT2D eigenvalue weighted by molar-refractivity contribution is 6.00. The summed E-state index contributed by atoms with van der Waals surface area (Å²) < 4.78 is 0. The third kappa shape index (κ3) is 2.03. The second kappa shape index (κ2) is 4.67. The molecule has 0 spiro atoms. The van der Waals surface area contributed by atoms with E-state index in [1.165, 1.54) is 6.20 Å². The van der Waals surface area contributed by atoms with Gasteiger partial charge in [-0.3, -0.25) is 9.89 Å². The van der Waals surface area contributed by atoms with Crippen molar-refractivity contribution in [1.29, 1.82) is 0 Å². The zero-order valence-corrected chi connectivity index (χ0v) is 10.2. The Balaban J connectivity index is 2.21. The van der Waals surface area contributed by atoms with Crippen LogP contribution in [0.5, 0.6) is 0 Å². The zero-order valence-electron chi connectivity index (χ0n) is 10.2. The Hall–Kier alpha value is -2.05. The summed E-state index contributed by atoms with van der Waals surface area (Å²) in [5.41, 5.74) is 6.16. The summed E-state index contributed by atoms with van der Waals surface area (Å²) in [5, 5.41) is 21.3. The molecule has 0 radical (unpaired) electrons. The Labute approximate surface area is 104 Å². The van der Waals surface area contributed by atoms with Crippen molar-refractivity contribution in [2.45, 2.75) is 38.1 Å². The SMILES string of the molecule is Cc1[nH]ncc1C(=O)NC1(C(N)=NO)CCCC1. The molecule has 1 aromatic rings. The molecule has 1 amide bonds. The average molecular weight is 251 g/mol. The molecule has 7 nitrogen and oxygen atoms in total. The van der Waals surface area contributed by atoms with Gasteiger partial charge in [0.05, 0.1) is 11.8 Å². The van der Waals surface area contributed by atoms with E-state index in [0.717, 1.165) is 12.8 Å². The minimum atomic E-state index is -0.727. The van der Waals surface area contributed by atoms with Crippen LogP contribution in [0.2, 0.25) is 0 Å². The molecule has 0 atom stereocenters. The van der Waals surface area contributed by atoms with Crippen LogP contribution in [0.4, 0.5) is 0 Å². The summed E-state index contributed by atoms with van der Waals surface area (Å²) in [7, 11) is 0. The van der Waals surface area contributed by atoms with Crippen molar-refractivity contribution in [3.63, 3.8) is 0 Å². The molecule has 18 heavy (non-hydrogen) atoms. The van der Waals surface area contributed by atoms with Gasteiger partial charge in [-0.05, 0) is 19.8 Å². The van der Waals surface area contributed by atoms with Gasteiger partial charge in [0.25, 0.3) is 5.91 Å². The first-order valence-electron chi connectivity index (χ1n) is 5.89. The zero-order chi connectivity index (χ0) is 13.2. The molecule has 1 heterocycles. The summed E-state index contributed by atoms with van der Waals surface area (Å²) in [6, 6.07) is 0. The molecule has 5 N–H and O–H groups in total. The number of amidine groups is 1. The van der Waals surface area contributed by atoms with Crippen molar-refractivity contribution < 1.29 is 10.0 Å². The van der Waals surface area contributed by atoms with Crippen molar-refractivity contribution >= 4 is 11.7 Å². The van der Waals surface area contributed by atoms with Gasteiger partial charge < -0.3 is 16.3 Å². The monoisotopic (exact) mass is 251 g/mol. The number of hydrogen-bond donors (Lipinski definition) is 4. The van der Waals surface area contributed by atoms with Crippen LogP contribution < -0.4 is 11.1 Å². The highest BCUT2D eigenvalue weighted by Crippen LogP contribution is 2.30. The quantitative estimate of drug-likeness (QED) is 0.271. The average Bonchev–Trinajstić information content (AvgIpc) is 2.97. The van der Waals surface area contributed by atoms with E-state index in [1.807, 2.05) is 0 Å². The van der Waals surface area contributed by atoms with Gasteiger partial charge in [0, 0.05) is 5.69 Å². The lowest BCUT2D eigenvalue weighted by Crippen LogP contribution is -2.55. The highest BCUT2D eigenvalue weighted by atomic mass is 16.4. The molecular formula is C11H17N5O2. The summed E-state index contributed by atoms with van der Waals surface area (Å²) in [6.45, 7) is 1.77. The number of aryl methyl sites for hydroxylation is 1. The van der Waals surface area contributed by atoms with Crippen molar-refractivity contribution in [2.75, 3.05) is 0 Å². The molecule has 1 aliphatic carbocycles. The van der Waals surface area contributed by atoms with Crippen LogP contribution in [0.15, 0.2) is 11.4 Å². The lowest BCUT2D eigenvalue weighted by molar-refractivity contribution is 0.0922. The summed E-state index contributed by atoms with van der Waals surface area (Å²) in [6.07, 6.45) is 4.73. The molecule has 0 aliphatic heterocycles. The molecule has 1 aromatic heterocycles. The van der Waals surface area contributed by atoms with E-state index in [9.17, 15) is 4.79 Å². The molecule has 0 unspecified atom stereocenters. The van der Waals surface area contributed by atoms with Gasteiger partial charge in [0.15, 0.2) is 5.84 Å². The van der Waals surface area contributed by atoms with E-state index < -0.39 is 5.54 Å². The Bertz CT molecular complexity index is 474. The van der Waals surface area contributed by atoms with Gasteiger partial charge in [0.1, 0.15) is 5.54 Å². The summed E-state index contributed by atoms with van der Waals surface area (Å²) in [5.74, 6) is -0.191. The van der Waals surface area contributed by atoms with E-state index in [0.29, 0.717) is 24.1 Å². The molecule has 2 rings (SSSR count). The van der Waals surface area contributed by atoms with E-state index in [4.69, 9.17) is 10.9 Å². The van der Waals surface area contributed by atoms with Crippen LogP contribution in [0.3, 0.4) is 0 Å². The van der Waals surface area contributed by atoms with Crippen LogP contribution in [-0.2, 0) is 0 Å². The number of nitrogens with one attached hydrogen (secondary N) is 2. The van der Waals surface area contributed by atoms with Crippen molar-refractivity contribution in [2.24, 2.45) is 10.9 Å². The maximum absolute atomic E-state index is 12.1. The smallest absolute Gasteiger partial charge is 0.255 e. The number of aromatic amines is 1. The number of nitrogens with two attached hydrogens (primary N) is 1.